The number of aromatic nitrogens is 1. The smallest absolute Gasteiger partial charge is 0.341 e. The Morgan fingerprint density at radius 2 is 1.76 bits per heavy atom. The molecule has 0 fully saturated rings. The maximum atomic E-state index is 14.0. The number of carbonyl (C=O) groups is 2. The van der Waals surface area contributed by atoms with Gasteiger partial charge in [-0.25, -0.2) is 14.6 Å². The van der Waals surface area contributed by atoms with E-state index in [1.54, 1.807) is 53.6 Å². The van der Waals surface area contributed by atoms with Crippen molar-refractivity contribution in [2.45, 2.75) is 17.9 Å². The summed E-state index contributed by atoms with van der Waals surface area (Å²) >= 11 is 2.84. The minimum absolute atomic E-state index is 0.180. The van der Waals surface area contributed by atoms with Crippen LogP contribution in [0, 0.1) is 0 Å². The third-order valence-electron chi connectivity index (χ3n) is 6.35. The van der Waals surface area contributed by atoms with Crippen molar-refractivity contribution < 1.29 is 24.2 Å². The summed E-state index contributed by atoms with van der Waals surface area (Å²) in [6.45, 7) is 1.48. The Balaban J connectivity index is 1.70. The van der Waals surface area contributed by atoms with Gasteiger partial charge in [0.15, 0.2) is 11.4 Å². The van der Waals surface area contributed by atoms with Crippen molar-refractivity contribution in [2.75, 3.05) is 19.5 Å². The molecule has 0 aliphatic carbocycles. The molecule has 0 radical (unpaired) electrons. The zero-order valence-corrected chi connectivity index (χ0v) is 23.9. The van der Waals surface area contributed by atoms with E-state index in [0.29, 0.717) is 26.4 Å². The van der Waals surface area contributed by atoms with Crippen LogP contribution in [0.2, 0.25) is 0 Å². The van der Waals surface area contributed by atoms with Gasteiger partial charge in [-0.05, 0) is 54.6 Å². The molecule has 1 atom stereocenters. The number of nitrogens with zero attached hydrogens (tertiary/aromatic N) is 2. The van der Waals surface area contributed by atoms with Crippen molar-refractivity contribution in [3.05, 3.63) is 121 Å². The quantitative estimate of drug-likeness (QED) is 0.232. The molecule has 0 spiro atoms. The first-order valence-corrected chi connectivity index (χ1v) is 14.8. The second-order valence-electron chi connectivity index (χ2n) is 8.96. The number of thioether (sulfide) groups is 1. The standard InChI is InChI=1S/C31H26N2O6S2/c1-3-38-30(37)26-27(20-7-5-4-6-8-20)32-31-33(28(26)21-11-15-23(40-2)16-12-21)29(36)24(41-31)17-19-9-13-22(14-10-19)39-18-25(34)35/h4-17,28H,3,18H2,1-2H3,(H,34,35)/b24-17-/t28-/m0/s1. The summed E-state index contributed by atoms with van der Waals surface area (Å²) in [6.07, 6.45) is 3.73. The van der Waals surface area contributed by atoms with Crippen LogP contribution in [-0.2, 0) is 14.3 Å². The van der Waals surface area contributed by atoms with E-state index in [4.69, 9.17) is 19.6 Å². The second kappa shape index (κ2) is 12.4. The lowest BCUT2D eigenvalue weighted by molar-refractivity contribution is -0.140. The highest BCUT2D eigenvalue weighted by Crippen LogP contribution is 2.35. The monoisotopic (exact) mass is 586 g/mol. The molecule has 1 aromatic heterocycles. The van der Waals surface area contributed by atoms with Gasteiger partial charge in [0.05, 0.1) is 28.5 Å². The van der Waals surface area contributed by atoms with Crippen LogP contribution in [0.15, 0.2) is 99.1 Å². The summed E-state index contributed by atoms with van der Waals surface area (Å²) in [7, 11) is 0. The number of ether oxygens (including phenoxy) is 2. The Labute approximate surface area is 243 Å². The third-order valence-corrected chi connectivity index (χ3v) is 8.07. The third kappa shape index (κ3) is 6.03. The number of benzene rings is 3. The van der Waals surface area contributed by atoms with Crippen LogP contribution in [0.1, 0.15) is 29.7 Å². The normalized spacial score (nSPS) is 14.8. The van der Waals surface area contributed by atoms with Gasteiger partial charge in [0.2, 0.25) is 0 Å². The minimum atomic E-state index is -1.06. The number of hydrogen-bond donors (Lipinski definition) is 1. The predicted molar refractivity (Wildman–Crippen MR) is 159 cm³/mol. The molecule has 0 saturated heterocycles. The van der Waals surface area contributed by atoms with Crippen LogP contribution in [0.5, 0.6) is 5.75 Å². The molecular weight excluding hydrogens is 560 g/mol. The summed E-state index contributed by atoms with van der Waals surface area (Å²) in [5, 5.41) is 8.83. The SMILES string of the molecule is CCOC(=O)C1=C(c2ccccc2)N=c2s/c(=C\c3ccc(OCC(=O)O)cc3)c(=O)n2[C@H]1c1ccc(SC)cc1. The number of esters is 1. The highest BCUT2D eigenvalue weighted by atomic mass is 32.2. The Hall–Kier alpha value is -4.41. The van der Waals surface area contributed by atoms with E-state index < -0.39 is 24.6 Å². The Kier molecular flexibility index (Phi) is 8.51. The number of rotatable bonds is 9. The Morgan fingerprint density at radius 3 is 2.39 bits per heavy atom. The number of aliphatic carboxylic acids is 1. The van der Waals surface area contributed by atoms with Crippen LogP contribution in [0.3, 0.4) is 0 Å². The molecular formula is C31H26N2O6S2. The molecule has 1 N–H and O–H groups in total. The number of hydrogen-bond acceptors (Lipinski definition) is 8. The van der Waals surface area contributed by atoms with Crippen molar-refractivity contribution in [1.29, 1.82) is 0 Å². The van der Waals surface area contributed by atoms with E-state index in [0.717, 1.165) is 21.6 Å². The Bertz CT molecular complexity index is 1790. The van der Waals surface area contributed by atoms with Crippen LogP contribution < -0.4 is 19.6 Å². The lowest BCUT2D eigenvalue weighted by Gasteiger charge is -2.26. The molecule has 3 aromatic carbocycles. The fraction of sp³-hybridized carbons (Fsp3) is 0.161. The summed E-state index contributed by atoms with van der Waals surface area (Å²) in [5.41, 5.74) is 2.72. The van der Waals surface area contributed by atoms with Gasteiger partial charge in [0.1, 0.15) is 5.75 Å². The number of carboxylic acid groups (broad SMARTS) is 1. The molecule has 0 saturated carbocycles. The number of fused-ring (bicyclic) bond motifs is 1. The van der Waals surface area contributed by atoms with Crippen LogP contribution in [0.4, 0.5) is 0 Å². The van der Waals surface area contributed by atoms with Crippen molar-refractivity contribution in [3.63, 3.8) is 0 Å². The molecule has 41 heavy (non-hydrogen) atoms. The van der Waals surface area contributed by atoms with Gasteiger partial charge in [0, 0.05) is 10.5 Å². The van der Waals surface area contributed by atoms with Crippen molar-refractivity contribution in [3.8, 4) is 5.75 Å². The highest BCUT2D eigenvalue weighted by molar-refractivity contribution is 7.98. The first kappa shape index (κ1) is 28.1. The number of thiazole rings is 1. The summed E-state index contributed by atoms with van der Waals surface area (Å²) in [4.78, 5) is 44.6. The van der Waals surface area contributed by atoms with Crippen LogP contribution >= 0.6 is 23.1 Å². The summed E-state index contributed by atoms with van der Waals surface area (Å²) in [6, 6.07) is 23.2. The first-order valence-electron chi connectivity index (χ1n) is 12.8. The molecule has 4 aromatic rings. The largest absolute Gasteiger partial charge is 0.482 e. The molecule has 0 amide bonds. The molecule has 208 valence electrons. The zero-order valence-electron chi connectivity index (χ0n) is 22.3. The predicted octanol–water partition coefficient (Wildman–Crippen LogP) is 4.12. The van der Waals surface area contributed by atoms with E-state index in [1.807, 2.05) is 60.9 Å². The lowest BCUT2D eigenvalue weighted by Crippen LogP contribution is -2.40. The van der Waals surface area contributed by atoms with E-state index in [1.165, 1.54) is 11.3 Å². The fourth-order valence-electron chi connectivity index (χ4n) is 4.50. The average Bonchev–Trinajstić information content (AvgIpc) is 3.30. The van der Waals surface area contributed by atoms with Gasteiger partial charge < -0.3 is 14.6 Å². The minimum Gasteiger partial charge on any atom is -0.482 e. The fourth-order valence-corrected chi connectivity index (χ4v) is 5.91. The second-order valence-corrected chi connectivity index (χ2v) is 10.8. The maximum absolute atomic E-state index is 14.0. The van der Waals surface area contributed by atoms with E-state index in [-0.39, 0.29) is 12.2 Å². The molecule has 10 heteroatoms. The zero-order chi connectivity index (χ0) is 28.9. The molecule has 2 heterocycles. The van der Waals surface area contributed by atoms with Gasteiger partial charge in [-0.3, -0.25) is 9.36 Å². The van der Waals surface area contributed by atoms with Crippen molar-refractivity contribution in [2.24, 2.45) is 4.99 Å². The van der Waals surface area contributed by atoms with Gasteiger partial charge in [-0.1, -0.05) is 65.9 Å². The Morgan fingerprint density at radius 1 is 1.05 bits per heavy atom. The van der Waals surface area contributed by atoms with Gasteiger partial charge in [-0.15, -0.1) is 11.8 Å². The maximum Gasteiger partial charge on any atom is 0.341 e. The van der Waals surface area contributed by atoms with E-state index in [2.05, 4.69) is 0 Å². The number of carbonyl (C=O) groups excluding carboxylic acids is 1. The molecule has 0 bridgehead atoms. The molecule has 1 aliphatic heterocycles. The van der Waals surface area contributed by atoms with Crippen molar-refractivity contribution >= 4 is 46.8 Å². The van der Waals surface area contributed by atoms with Crippen LogP contribution in [-0.4, -0.2) is 41.1 Å². The summed E-state index contributed by atoms with van der Waals surface area (Å²) < 4.78 is 12.7. The average molecular weight is 587 g/mol. The lowest BCUT2D eigenvalue weighted by atomic mass is 9.93. The molecule has 5 rings (SSSR count). The number of carboxylic acids is 1. The van der Waals surface area contributed by atoms with Crippen molar-refractivity contribution in [1.82, 2.24) is 4.57 Å². The molecule has 8 nitrogen and oxygen atoms in total. The van der Waals surface area contributed by atoms with Gasteiger partial charge in [0.25, 0.3) is 5.56 Å². The molecule has 1 aliphatic rings. The van der Waals surface area contributed by atoms with E-state index >= 15 is 0 Å². The first-order chi connectivity index (χ1) is 19.9. The van der Waals surface area contributed by atoms with E-state index in [9.17, 15) is 14.4 Å². The molecule has 0 unspecified atom stereocenters. The topological polar surface area (TPSA) is 107 Å². The van der Waals surface area contributed by atoms with Gasteiger partial charge >= 0.3 is 11.9 Å². The summed E-state index contributed by atoms with van der Waals surface area (Å²) in [5.74, 6) is -1.18. The highest BCUT2D eigenvalue weighted by Gasteiger charge is 2.35. The van der Waals surface area contributed by atoms with Crippen LogP contribution in [0.25, 0.3) is 11.8 Å². The van der Waals surface area contributed by atoms with Gasteiger partial charge in [-0.2, -0.15) is 0 Å².